The first kappa shape index (κ1) is 31.9. The van der Waals surface area contributed by atoms with Crippen LogP contribution in [0, 0.1) is 11.3 Å². The monoisotopic (exact) mass is 638 g/mol. The smallest absolute Gasteiger partial charge is 0.426 e. The van der Waals surface area contributed by atoms with Crippen molar-refractivity contribution in [2.75, 3.05) is 31.5 Å². The van der Waals surface area contributed by atoms with Gasteiger partial charge in [0.2, 0.25) is 5.91 Å². The van der Waals surface area contributed by atoms with Crippen LogP contribution in [0.25, 0.3) is 16.9 Å². The Morgan fingerprint density at radius 3 is 2.67 bits per heavy atom. The highest BCUT2D eigenvalue weighted by Gasteiger charge is 2.38. The number of rotatable bonds is 10. The molecule has 17 heteroatoms. The van der Waals surface area contributed by atoms with E-state index in [1.54, 1.807) is 24.8 Å². The number of imidazole rings is 1. The van der Waals surface area contributed by atoms with E-state index in [4.69, 9.17) is 10.00 Å². The molecular formula is C29H29F3N10O4. The SMILES string of the molecule is CCc1c(C(=O)N[C@H](C)C(=O)N2CCNCC2)ccc(Nc2nccn3c(-c4cn(CC#N)nc4C(F)(F)F)cnc23)c1OC=O. The van der Waals surface area contributed by atoms with Crippen LogP contribution in [0.4, 0.5) is 24.7 Å². The van der Waals surface area contributed by atoms with Gasteiger partial charge in [-0.15, -0.1) is 0 Å². The summed E-state index contributed by atoms with van der Waals surface area (Å²) in [7, 11) is 0. The Morgan fingerprint density at radius 1 is 1.24 bits per heavy atom. The molecule has 4 heterocycles. The van der Waals surface area contributed by atoms with Crippen LogP contribution in [0.5, 0.6) is 5.75 Å². The van der Waals surface area contributed by atoms with Gasteiger partial charge in [0.25, 0.3) is 12.4 Å². The van der Waals surface area contributed by atoms with Gasteiger partial charge in [0, 0.05) is 55.9 Å². The van der Waals surface area contributed by atoms with E-state index in [-0.39, 0.29) is 65.1 Å². The lowest BCUT2D eigenvalue weighted by molar-refractivity contribution is -0.141. The number of carbonyl (C=O) groups is 3. The lowest BCUT2D eigenvalue weighted by Crippen LogP contribution is -2.53. The van der Waals surface area contributed by atoms with Gasteiger partial charge >= 0.3 is 6.18 Å². The first-order chi connectivity index (χ1) is 22.1. The Labute approximate surface area is 260 Å². The second kappa shape index (κ2) is 13.2. The van der Waals surface area contributed by atoms with Gasteiger partial charge in [0.15, 0.2) is 22.9 Å². The zero-order valence-electron chi connectivity index (χ0n) is 24.8. The van der Waals surface area contributed by atoms with Gasteiger partial charge in [0.1, 0.15) is 12.6 Å². The Bertz CT molecular complexity index is 1820. The number of nitrogens with zero attached hydrogens (tertiary/aromatic N) is 7. The summed E-state index contributed by atoms with van der Waals surface area (Å²) in [5, 5.41) is 21.4. The summed E-state index contributed by atoms with van der Waals surface area (Å²) in [6.45, 7) is 5.57. The largest absolute Gasteiger partial charge is 0.435 e. The molecule has 1 fully saturated rings. The molecule has 3 N–H and O–H groups in total. The van der Waals surface area contributed by atoms with Gasteiger partial charge in [-0.2, -0.15) is 23.5 Å². The molecular weight excluding hydrogens is 609 g/mol. The molecule has 0 unspecified atom stereocenters. The molecule has 46 heavy (non-hydrogen) atoms. The lowest BCUT2D eigenvalue weighted by Gasteiger charge is -2.30. The van der Waals surface area contributed by atoms with Gasteiger partial charge in [-0.3, -0.25) is 23.5 Å². The minimum absolute atomic E-state index is 0.0268. The van der Waals surface area contributed by atoms with Crippen molar-refractivity contribution in [2.24, 2.45) is 0 Å². The van der Waals surface area contributed by atoms with Gasteiger partial charge in [-0.1, -0.05) is 6.92 Å². The highest BCUT2D eigenvalue weighted by atomic mass is 19.4. The van der Waals surface area contributed by atoms with Crippen LogP contribution in [0.15, 0.2) is 36.9 Å². The number of halogens is 3. The van der Waals surface area contributed by atoms with Crippen molar-refractivity contribution < 1.29 is 32.3 Å². The second-order valence-electron chi connectivity index (χ2n) is 10.3. The van der Waals surface area contributed by atoms with Crippen molar-refractivity contribution in [1.82, 2.24) is 39.7 Å². The number of amides is 2. The molecule has 5 rings (SSSR count). The first-order valence-corrected chi connectivity index (χ1v) is 14.2. The molecule has 1 aromatic carbocycles. The number of fused-ring (bicyclic) bond motifs is 1. The predicted molar refractivity (Wildman–Crippen MR) is 157 cm³/mol. The second-order valence-corrected chi connectivity index (χ2v) is 10.3. The average Bonchev–Trinajstić information content (AvgIpc) is 3.67. The van der Waals surface area contributed by atoms with Gasteiger partial charge in [-0.05, 0) is 25.5 Å². The highest BCUT2D eigenvalue weighted by Crippen LogP contribution is 2.38. The molecule has 0 spiro atoms. The standard InChI is InChI=1S/C29H29F3N10O4/c1-3-18-19(27(44)37-17(2)28(45)40-11-7-34-8-12-40)4-5-21(23(18)46-16-43)38-25-26-36-14-22(42(26)13-9-35-25)20-15-41(10-6-33)39-24(20)29(30,31)32/h4-5,9,13-17,34H,3,7-8,10-12H2,1-2H3,(H,35,38)(H,37,44)/t17-/m1/s1. The molecule has 1 aliphatic rings. The van der Waals surface area contributed by atoms with Crippen molar-refractivity contribution >= 4 is 35.4 Å². The quantitative estimate of drug-likeness (QED) is 0.219. The topological polar surface area (TPSA) is 172 Å². The Balaban J connectivity index is 1.47. The van der Waals surface area contributed by atoms with Gasteiger partial charge < -0.3 is 25.6 Å². The van der Waals surface area contributed by atoms with Crippen LogP contribution in [0.1, 0.15) is 35.5 Å². The van der Waals surface area contributed by atoms with E-state index >= 15 is 0 Å². The van der Waals surface area contributed by atoms with Crippen LogP contribution in [-0.2, 0) is 28.7 Å². The zero-order valence-corrected chi connectivity index (χ0v) is 24.8. The van der Waals surface area contributed by atoms with Crippen molar-refractivity contribution in [1.29, 1.82) is 5.26 Å². The number of aromatic nitrogens is 5. The summed E-state index contributed by atoms with van der Waals surface area (Å²) < 4.78 is 49.1. The number of hydrogen-bond acceptors (Lipinski definition) is 10. The molecule has 0 aliphatic carbocycles. The maximum Gasteiger partial charge on any atom is 0.435 e. The predicted octanol–water partition coefficient (Wildman–Crippen LogP) is 2.53. The third-order valence-corrected chi connectivity index (χ3v) is 7.39. The molecule has 1 atom stereocenters. The fourth-order valence-corrected chi connectivity index (χ4v) is 5.27. The third kappa shape index (κ3) is 6.33. The molecule has 1 saturated heterocycles. The Hall–Kier alpha value is -5.50. The number of ether oxygens (including phenoxy) is 1. The molecule has 4 aromatic rings. The van der Waals surface area contributed by atoms with Crippen molar-refractivity contribution in [2.45, 2.75) is 39.0 Å². The average molecular weight is 639 g/mol. The molecule has 3 aromatic heterocycles. The van der Waals surface area contributed by atoms with Crippen LogP contribution in [0.2, 0.25) is 0 Å². The lowest BCUT2D eigenvalue weighted by atomic mass is 10.0. The number of carbonyl (C=O) groups excluding carboxylic acids is 3. The van der Waals surface area contributed by atoms with Gasteiger partial charge in [0.05, 0.1) is 29.2 Å². The van der Waals surface area contributed by atoms with E-state index in [0.29, 0.717) is 31.7 Å². The maximum absolute atomic E-state index is 13.8. The van der Waals surface area contributed by atoms with E-state index in [9.17, 15) is 27.6 Å². The summed E-state index contributed by atoms with van der Waals surface area (Å²) in [5.74, 6) is -0.616. The normalized spacial score (nSPS) is 14.0. The van der Waals surface area contributed by atoms with Crippen molar-refractivity contribution in [3.8, 4) is 23.1 Å². The third-order valence-electron chi connectivity index (χ3n) is 7.39. The number of alkyl halides is 3. The molecule has 14 nitrogen and oxygen atoms in total. The van der Waals surface area contributed by atoms with E-state index in [1.165, 1.54) is 35.1 Å². The Kier molecular flexibility index (Phi) is 9.18. The molecule has 2 amide bonds. The summed E-state index contributed by atoms with van der Waals surface area (Å²) >= 11 is 0. The number of piperazine rings is 1. The van der Waals surface area contributed by atoms with E-state index in [1.807, 2.05) is 0 Å². The summed E-state index contributed by atoms with van der Waals surface area (Å²) in [6, 6.07) is 3.96. The first-order valence-electron chi connectivity index (χ1n) is 14.2. The van der Waals surface area contributed by atoms with Crippen LogP contribution in [0.3, 0.4) is 0 Å². The maximum atomic E-state index is 13.8. The van der Waals surface area contributed by atoms with Crippen molar-refractivity contribution in [3.63, 3.8) is 0 Å². The molecule has 1 aliphatic heterocycles. The molecule has 0 saturated carbocycles. The van der Waals surface area contributed by atoms with Gasteiger partial charge in [-0.25, -0.2) is 9.97 Å². The summed E-state index contributed by atoms with van der Waals surface area (Å²) in [4.78, 5) is 47.9. The van der Waals surface area contributed by atoms with Crippen molar-refractivity contribution in [3.05, 3.63) is 53.7 Å². The summed E-state index contributed by atoms with van der Waals surface area (Å²) in [6.07, 6.45) is 0.570. The fourth-order valence-electron chi connectivity index (χ4n) is 5.27. The Morgan fingerprint density at radius 2 is 2.00 bits per heavy atom. The minimum Gasteiger partial charge on any atom is -0.426 e. The molecule has 0 bridgehead atoms. The van der Waals surface area contributed by atoms with Crippen LogP contribution in [-0.4, -0.2) is 79.6 Å². The van der Waals surface area contributed by atoms with E-state index < -0.39 is 23.8 Å². The number of benzene rings is 1. The number of nitriles is 1. The highest BCUT2D eigenvalue weighted by molar-refractivity contribution is 6.00. The van der Waals surface area contributed by atoms with E-state index in [2.05, 4.69) is 31.0 Å². The fraction of sp³-hybridized carbons (Fsp3) is 0.345. The van der Waals surface area contributed by atoms with Crippen LogP contribution < -0.4 is 20.7 Å². The summed E-state index contributed by atoms with van der Waals surface area (Å²) in [5.41, 5.74) is -0.495. The molecule has 240 valence electrons. The van der Waals surface area contributed by atoms with Crippen LogP contribution >= 0.6 is 0 Å². The number of anilines is 2. The zero-order chi connectivity index (χ0) is 33.0. The number of nitrogens with one attached hydrogen (secondary N) is 3. The minimum atomic E-state index is -4.80. The molecule has 0 radical (unpaired) electrons. The van der Waals surface area contributed by atoms with E-state index in [0.717, 1.165) is 10.9 Å². The number of hydrogen-bond donors (Lipinski definition) is 3.